The lowest BCUT2D eigenvalue weighted by Gasteiger charge is -2.28. The number of ether oxygens (including phenoxy) is 3. The molecule has 0 spiro atoms. The summed E-state index contributed by atoms with van der Waals surface area (Å²) in [7, 11) is -12.5. The van der Waals surface area contributed by atoms with Gasteiger partial charge in [-0.25, -0.2) is 16.8 Å². The van der Waals surface area contributed by atoms with Crippen LogP contribution < -0.4 is 9.04 Å². The van der Waals surface area contributed by atoms with Crippen LogP contribution in [0.3, 0.4) is 0 Å². The minimum atomic E-state index is -5.66. The molecule has 0 aliphatic carbocycles. The Morgan fingerprint density at radius 1 is 0.811 bits per heavy atom. The second-order valence-corrected chi connectivity index (χ2v) is 20.4. The first-order valence-electron chi connectivity index (χ1n) is 15.6. The molecule has 0 bridgehead atoms. The zero-order chi connectivity index (χ0) is 40.2. The average Bonchev–Trinajstić information content (AvgIpc) is 3.05. The van der Waals surface area contributed by atoms with Crippen LogP contribution in [0.4, 0.5) is 14.5 Å². The van der Waals surface area contributed by atoms with Crippen LogP contribution in [0.5, 0.6) is 5.75 Å². The molecule has 3 rings (SSSR count). The van der Waals surface area contributed by atoms with Crippen molar-refractivity contribution in [2.45, 2.75) is 63.5 Å². The minimum Gasteiger partial charge on any atom is -0.495 e. The Balaban J connectivity index is 2.06. The fourth-order valence-corrected chi connectivity index (χ4v) is 8.61. The monoisotopic (exact) mass is 867 g/mol. The van der Waals surface area contributed by atoms with Crippen LogP contribution in [0.2, 0.25) is 0 Å². The average molecular weight is 869 g/mol. The van der Waals surface area contributed by atoms with Gasteiger partial charge in [-0.1, -0.05) is 40.2 Å². The van der Waals surface area contributed by atoms with E-state index in [2.05, 4.69) is 15.9 Å². The number of sulfonamides is 1. The third-order valence-corrected chi connectivity index (χ3v) is 12.7. The van der Waals surface area contributed by atoms with Crippen molar-refractivity contribution in [2.75, 3.05) is 31.3 Å². The van der Waals surface area contributed by atoms with Crippen LogP contribution in [-0.4, -0.2) is 55.7 Å². The summed E-state index contributed by atoms with van der Waals surface area (Å²) in [6.45, 7) is 6.14. The van der Waals surface area contributed by atoms with Crippen LogP contribution >= 0.6 is 23.5 Å². The van der Waals surface area contributed by atoms with Crippen molar-refractivity contribution in [3.63, 3.8) is 0 Å². The highest BCUT2D eigenvalue weighted by molar-refractivity contribution is 9.10. The van der Waals surface area contributed by atoms with Crippen molar-refractivity contribution >= 4 is 61.0 Å². The minimum absolute atomic E-state index is 0.0125. The van der Waals surface area contributed by atoms with Gasteiger partial charge in [-0.2, -0.15) is 8.78 Å². The Kier molecular flexibility index (Phi) is 13.7. The third kappa shape index (κ3) is 10.6. The molecule has 0 fully saturated rings. The van der Waals surface area contributed by atoms with Crippen molar-refractivity contribution in [1.29, 1.82) is 0 Å². The number of para-hydroxylation sites is 1. The van der Waals surface area contributed by atoms with Gasteiger partial charge >= 0.3 is 25.2 Å². The Morgan fingerprint density at radius 3 is 1.77 bits per heavy atom. The summed E-state index contributed by atoms with van der Waals surface area (Å²) in [6.07, 6.45) is 0.992. The lowest BCUT2D eigenvalue weighted by molar-refractivity contribution is -0.163. The van der Waals surface area contributed by atoms with E-state index in [1.807, 2.05) is 0 Å². The van der Waals surface area contributed by atoms with E-state index in [-0.39, 0.29) is 31.3 Å². The van der Waals surface area contributed by atoms with Gasteiger partial charge < -0.3 is 14.2 Å². The number of methoxy groups -OCH3 is 1. The quantitative estimate of drug-likeness (QED) is 0.0834. The van der Waals surface area contributed by atoms with E-state index < -0.39 is 81.6 Å². The van der Waals surface area contributed by atoms with E-state index in [0.29, 0.717) is 0 Å². The summed E-state index contributed by atoms with van der Waals surface area (Å²) >= 11 is 3.07. The lowest BCUT2D eigenvalue weighted by Crippen LogP contribution is -2.31. The molecule has 0 saturated carbocycles. The number of sulfone groups is 1. The standard InChI is InChI=1S/C34H41BrF2NO12PS2/c1-32(2,3)30(39)47-21-49-51(41,50-22-48-31(40)33(4,5)6)34(36,37)26-18-13-23(19-27(26)35)20-38(24-14-16-25(17-15-24)52(8,42)43)53(44,45)29-12-10-9-11-28(29)46-7/h9-19H,20-22H2,1-8H3. The summed E-state index contributed by atoms with van der Waals surface area (Å²) in [5, 5.41) is 0. The molecule has 0 radical (unpaired) electrons. The first-order valence-corrected chi connectivity index (χ1v) is 21.3. The Labute approximate surface area is 316 Å². The van der Waals surface area contributed by atoms with Crippen LogP contribution in [0.15, 0.2) is 81.0 Å². The lowest BCUT2D eigenvalue weighted by atomic mass is 9.98. The van der Waals surface area contributed by atoms with Crippen molar-refractivity contribution in [3.05, 3.63) is 82.3 Å². The SMILES string of the molecule is COc1ccccc1S(=O)(=O)N(Cc1ccc(C(F)(F)P(=O)(OCOC(=O)C(C)(C)C)OCOC(=O)C(C)(C)C)c(Br)c1)c1ccc(S(C)(=O)=O)cc1. The summed E-state index contributed by atoms with van der Waals surface area (Å²) in [6, 6.07) is 14.0. The zero-order valence-corrected chi connectivity index (χ0v) is 34.3. The maximum atomic E-state index is 16.3. The highest BCUT2D eigenvalue weighted by Gasteiger charge is 2.57. The fraction of sp³-hybridized carbons (Fsp3) is 0.412. The molecule has 0 atom stereocenters. The van der Waals surface area contributed by atoms with E-state index in [9.17, 15) is 31.0 Å². The van der Waals surface area contributed by atoms with Gasteiger partial charge in [0.05, 0.1) is 35.1 Å². The fourth-order valence-electron chi connectivity index (χ4n) is 4.27. The van der Waals surface area contributed by atoms with Gasteiger partial charge in [0.2, 0.25) is 13.6 Å². The topological polar surface area (TPSA) is 169 Å². The Bertz CT molecular complexity index is 2050. The van der Waals surface area contributed by atoms with Gasteiger partial charge in [-0.15, -0.1) is 0 Å². The number of hydrogen-bond acceptors (Lipinski definition) is 12. The van der Waals surface area contributed by atoms with E-state index in [1.165, 1.54) is 91.1 Å². The van der Waals surface area contributed by atoms with Gasteiger partial charge in [-0.05, 0) is 89.6 Å². The van der Waals surface area contributed by atoms with Crippen LogP contribution in [0.25, 0.3) is 0 Å². The smallest absolute Gasteiger partial charge is 0.410 e. The normalized spacial score (nSPS) is 13.0. The molecule has 0 N–H and O–H groups in total. The molecule has 0 heterocycles. The Morgan fingerprint density at radius 2 is 1.32 bits per heavy atom. The van der Waals surface area contributed by atoms with E-state index >= 15 is 8.78 Å². The number of alkyl halides is 2. The maximum Gasteiger partial charge on any atom is 0.410 e. The number of halogens is 3. The predicted octanol–water partition coefficient (Wildman–Crippen LogP) is 7.63. The summed E-state index contributed by atoms with van der Waals surface area (Å²) in [5.41, 5.74) is -7.31. The van der Waals surface area contributed by atoms with Gasteiger partial charge in [0, 0.05) is 16.3 Å². The number of benzene rings is 3. The van der Waals surface area contributed by atoms with Crippen LogP contribution in [0.1, 0.15) is 52.7 Å². The molecule has 0 unspecified atom stereocenters. The molecule has 0 aromatic heterocycles. The number of anilines is 1. The summed E-state index contributed by atoms with van der Waals surface area (Å²) in [4.78, 5) is 24.2. The van der Waals surface area contributed by atoms with Crippen molar-refractivity contribution in [1.82, 2.24) is 0 Å². The number of carbonyl (C=O) groups excluding carboxylic acids is 2. The molecule has 0 aliphatic rings. The molecular weight excluding hydrogens is 827 g/mol. The zero-order valence-electron chi connectivity index (χ0n) is 30.2. The largest absolute Gasteiger partial charge is 0.495 e. The van der Waals surface area contributed by atoms with Crippen molar-refractivity contribution in [3.8, 4) is 5.75 Å². The molecule has 53 heavy (non-hydrogen) atoms. The first kappa shape index (κ1) is 44.0. The molecule has 13 nitrogen and oxygen atoms in total. The molecule has 3 aromatic carbocycles. The predicted molar refractivity (Wildman–Crippen MR) is 195 cm³/mol. The highest BCUT2D eigenvalue weighted by atomic mass is 79.9. The third-order valence-electron chi connectivity index (χ3n) is 7.27. The van der Waals surface area contributed by atoms with Gasteiger partial charge in [0.25, 0.3) is 10.0 Å². The molecule has 0 saturated heterocycles. The van der Waals surface area contributed by atoms with Crippen molar-refractivity contribution in [2.24, 2.45) is 10.8 Å². The Hall–Kier alpha value is -3.41. The molecule has 0 amide bonds. The van der Waals surface area contributed by atoms with Crippen LogP contribution in [-0.2, 0) is 64.7 Å². The number of nitrogens with zero attached hydrogens (tertiary/aromatic N) is 1. The van der Waals surface area contributed by atoms with Gasteiger partial charge in [0.1, 0.15) is 10.6 Å². The maximum absolute atomic E-state index is 16.3. The number of rotatable bonds is 15. The van der Waals surface area contributed by atoms with Crippen molar-refractivity contribution < 1.29 is 63.0 Å². The molecule has 0 aliphatic heterocycles. The van der Waals surface area contributed by atoms with E-state index in [1.54, 1.807) is 6.07 Å². The molecule has 292 valence electrons. The van der Waals surface area contributed by atoms with Gasteiger partial charge in [0.15, 0.2) is 9.84 Å². The number of hydrogen-bond donors (Lipinski definition) is 0. The molecule has 3 aromatic rings. The number of esters is 2. The van der Waals surface area contributed by atoms with E-state index in [4.69, 9.17) is 23.3 Å². The summed E-state index contributed by atoms with van der Waals surface area (Å²) in [5.74, 6) is -1.69. The van der Waals surface area contributed by atoms with Gasteiger partial charge in [-0.3, -0.25) is 27.5 Å². The van der Waals surface area contributed by atoms with Crippen LogP contribution in [0, 0.1) is 10.8 Å². The first-order chi connectivity index (χ1) is 24.3. The van der Waals surface area contributed by atoms with E-state index in [0.717, 1.165) is 28.8 Å². The highest BCUT2D eigenvalue weighted by Crippen LogP contribution is 2.67. The summed E-state index contributed by atoms with van der Waals surface area (Å²) < 4.78 is 124. The molecule has 19 heteroatoms. The molecular formula is C34H41BrF2NO12PS2. The second-order valence-electron chi connectivity index (χ2n) is 13.6. The second kappa shape index (κ2) is 16.5. The number of carbonyl (C=O) groups is 2.